The third-order valence-electron chi connectivity index (χ3n) is 3.44. The third kappa shape index (κ3) is 13.5. The van der Waals surface area contributed by atoms with E-state index in [0.29, 0.717) is 17.8 Å². The lowest BCUT2D eigenvalue weighted by Gasteiger charge is -2.04. The molecule has 28 heavy (non-hydrogen) atoms. The van der Waals surface area contributed by atoms with Crippen LogP contribution in [0.3, 0.4) is 0 Å². The van der Waals surface area contributed by atoms with Crippen LogP contribution in [0.4, 0.5) is 0 Å². The second kappa shape index (κ2) is 16.5. The Balaban J connectivity index is 0.000000684. The van der Waals surface area contributed by atoms with Gasteiger partial charge in [0.25, 0.3) is 0 Å². The number of benzene rings is 1. The number of ether oxygens (including phenoxy) is 2. The van der Waals surface area contributed by atoms with Gasteiger partial charge in [-0.15, -0.1) is 0 Å². The van der Waals surface area contributed by atoms with E-state index in [1.807, 2.05) is 36.4 Å². The van der Waals surface area contributed by atoms with E-state index in [1.165, 1.54) is 12.8 Å². The summed E-state index contributed by atoms with van der Waals surface area (Å²) in [6.45, 7) is 11.2. The van der Waals surface area contributed by atoms with Crippen molar-refractivity contribution >= 4 is 18.0 Å². The van der Waals surface area contributed by atoms with E-state index in [4.69, 9.17) is 9.84 Å². The van der Waals surface area contributed by atoms with Gasteiger partial charge in [0, 0.05) is 5.57 Å². The standard InChI is InChI=1S/C17H22O2.C6H10O3/c1-3-4-5-9-14-19-17(18)15(2)12-13-16-10-7-6-8-11-16;1-5(2)6(8)9-4-3-7/h6-8,10-13H,2-5,9,14H2,1H3;7H,1,3-4H2,2H3. The minimum atomic E-state index is -0.455. The number of aliphatic hydroxyl groups is 1. The van der Waals surface area contributed by atoms with E-state index in [0.717, 1.165) is 18.4 Å². The molecule has 0 spiro atoms. The molecule has 1 aromatic rings. The molecule has 0 heterocycles. The zero-order valence-electron chi connectivity index (χ0n) is 17.0. The van der Waals surface area contributed by atoms with Crippen LogP contribution in [0.25, 0.3) is 6.08 Å². The number of hydrogen-bond acceptors (Lipinski definition) is 5. The van der Waals surface area contributed by atoms with Gasteiger partial charge in [0.05, 0.1) is 18.8 Å². The predicted molar refractivity (Wildman–Crippen MR) is 113 cm³/mol. The van der Waals surface area contributed by atoms with E-state index < -0.39 is 5.97 Å². The normalized spacial score (nSPS) is 9.96. The van der Waals surface area contributed by atoms with E-state index in [9.17, 15) is 9.59 Å². The summed E-state index contributed by atoms with van der Waals surface area (Å²) >= 11 is 0. The molecular formula is C23H32O5. The first-order valence-corrected chi connectivity index (χ1v) is 9.45. The molecule has 0 aliphatic rings. The molecule has 1 rings (SSSR count). The molecule has 0 saturated carbocycles. The fraction of sp³-hybridized carbons (Fsp3) is 0.391. The summed E-state index contributed by atoms with van der Waals surface area (Å²) in [5.41, 5.74) is 1.78. The predicted octanol–water partition coefficient (Wildman–Crippen LogP) is 4.48. The lowest BCUT2D eigenvalue weighted by molar-refractivity contribution is -0.140. The highest BCUT2D eigenvalue weighted by molar-refractivity contribution is 5.92. The number of esters is 2. The Morgan fingerprint density at radius 2 is 1.64 bits per heavy atom. The molecule has 0 amide bonds. The molecule has 0 atom stereocenters. The van der Waals surface area contributed by atoms with Crippen LogP contribution in [0, 0.1) is 0 Å². The molecule has 0 bridgehead atoms. The topological polar surface area (TPSA) is 72.8 Å². The smallest absolute Gasteiger partial charge is 0.337 e. The molecule has 5 heteroatoms. The summed E-state index contributed by atoms with van der Waals surface area (Å²) in [6, 6.07) is 9.80. The van der Waals surface area contributed by atoms with Gasteiger partial charge in [0.15, 0.2) is 0 Å². The van der Waals surface area contributed by atoms with Crippen molar-refractivity contribution in [3.8, 4) is 0 Å². The molecule has 154 valence electrons. The lowest BCUT2D eigenvalue weighted by Crippen LogP contribution is -2.08. The van der Waals surface area contributed by atoms with Crippen LogP contribution in [-0.2, 0) is 19.1 Å². The van der Waals surface area contributed by atoms with Gasteiger partial charge in [-0.3, -0.25) is 0 Å². The summed E-state index contributed by atoms with van der Waals surface area (Å²) in [6.07, 6.45) is 7.96. The Morgan fingerprint density at radius 3 is 2.21 bits per heavy atom. The Morgan fingerprint density at radius 1 is 1.00 bits per heavy atom. The van der Waals surface area contributed by atoms with Gasteiger partial charge in [-0.05, 0) is 25.0 Å². The van der Waals surface area contributed by atoms with Crippen LogP contribution in [0.1, 0.15) is 45.1 Å². The van der Waals surface area contributed by atoms with Gasteiger partial charge in [-0.25, -0.2) is 9.59 Å². The molecule has 1 aromatic carbocycles. The van der Waals surface area contributed by atoms with Gasteiger partial charge in [0.2, 0.25) is 0 Å². The molecule has 0 saturated heterocycles. The monoisotopic (exact) mass is 388 g/mol. The number of aliphatic hydroxyl groups excluding tert-OH is 1. The second-order valence-corrected chi connectivity index (χ2v) is 6.11. The molecule has 0 aliphatic heterocycles. The largest absolute Gasteiger partial charge is 0.462 e. The van der Waals surface area contributed by atoms with Crippen molar-refractivity contribution in [1.29, 1.82) is 0 Å². The van der Waals surface area contributed by atoms with Gasteiger partial charge >= 0.3 is 11.9 Å². The molecule has 0 unspecified atom stereocenters. The molecule has 0 aromatic heterocycles. The van der Waals surface area contributed by atoms with Crippen LogP contribution in [0.5, 0.6) is 0 Å². The highest BCUT2D eigenvalue weighted by Gasteiger charge is 2.04. The fourth-order valence-corrected chi connectivity index (χ4v) is 1.88. The lowest BCUT2D eigenvalue weighted by atomic mass is 10.2. The van der Waals surface area contributed by atoms with Crippen molar-refractivity contribution in [2.24, 2.45) is 0 Å². The first-order chi connectivity index (χ1) is 13.4. The first-order valence-electron chi connectivity index (χ1n) is 9.45. The summed E-state index contributed by atoms with van der Waals surface area (Å²) < 4.78 is 9.61. The maximum absolute atomic E-state index is 11.6. The van der Waals surface area contributed by atoms with Gasteiger partial charge in [0.1, 0.15) is 6.61 Å². The maximum Gasteiger partial charge on any atom is 0.337 e. The Hall–Kier alpha value is -2.66. The van der Waals surface area contributed by atoms with Gasteiger partial charge in [-0.1, -0.05) is 75.8 Å². The highest BCUT2D eigenvalue weighted by atomic mass is 16.5. The fourth-order valence-electron chi connectivity index (χ4n) is 1.88. The second-order valence-electron chi connectivity index (χ2n) is 6.11. The number of carbonyl (C=O) groups excluding carboxylic acids is 2. The molecular weight excluding hydrogens is 356 g/mol. The number of unbranched alkanes of at least 4 members (excludes halogenated alkanes) is 3. The van der Waals surface area contributed by atoms with Gasteiger partial charge < -0.3 is 14.6 Å². The Bertz CT molecular complexity index is 632. The average Bonchev–Trinajstić information content (AvgIpc) is 2.71. The maximum atomic E-state index is 11.6. The number of rotatable bonds is 11. The van der Waals surface area contributed by atoms with Gasteiger partial charge in [-0.2, -0.15) is 0 Å². The van der Waals surface area contributed by atoms with Crippen LogP contribution in [0.2, 0.25) is 0 Å². The van der Waals surface area contributed by atoms with Crippen LogP contribution < -0.4 is 0 Å². The number of carbonyl (C=O) groups is 2. The zero-order chi connectivity index (χ0) is 21.2. The quantitative estimate of drug-likeness (QED) is 0.262. The van der Waals surface area contributed by atoms with Crippen molar-refractivity contribution < 1.29 is 24.2 Å². The van der Waals surface area contributed by atoms with E-state index >= 15 is 0 Å². The Kier molecular flexibility index (Phi) is 14.9. The molecule has 0 radical (unpaired) electrons. The molecule has 1 N–H and O–H groups in total. The van der Waals surface area contributed by atoms with Crippen molar-refractivity contribution in [2.45, 2.75) is 39.5 Å². The van der Waals surface area contributed by atoms with Crippen LogP contribution in [0.15, 0.2) is 60.7 Å². The first kappa shape index (κ1) is 25.3. The molecule has 5 nitrogen and oxygen atoms in total. The van der Waals surface area contributed by atoms with Crippen LogP contribution >= 0.6 is 0 Å². The zero-order valence-corrected chi connectivity index (χ0v) is 17.0. The summed E-state index contributed by atoms with van der Waals surface area (Å²) in [5, 5.41) is 8.19. The highest BCUT2D eigenvalue weighted by Crippen LogP contribution is 2.06. The summed E-state index contributed by atoms with van der Waals surface area (Å²) in [5.74, 6) is -0.785. The molecule has 0 aliphatic carbocycles. The summed E-state index contributed by atoms with van der Waals surface area (Å²) in [4.78, 5) is 22.1. The summed E-state index contributed by atoms with van der Waals surface area (Å²) in [7, 11) is 0. The van der Waals surface area contributed by atoms with E-state index in [2.05, 4.69) is 24.8 Å². The van der Waals surface area contributed by atoms with Crippen molar-refractivity contribution in [2.75, 3.05) is 19.8 Å². The van der Waals surface area contributed by atoms with Crippen LogP contribution in [-0.4, -0.2) is 36.9 Å². The Labute approximate surface area is 168 Å². The minimum Gasteiger partial charge on any atom is -0.462 e. The average molecular weight is 389 g/mol. The minimum absolute atomic E-state index is 0.0473. The van der Waals surface area contributed by atoms with Crippen molar-refractivity contribution in [3.05, 3.63) is 66.3 Å². The van der Waals surface area contributed by atoms with Crippen molar-refractivity contribution in [1.82, 2.24) is 0 Å². The number of hydrogen-bond donors (Lipinski definition) is 1. The molecule has 0 fully saturated rings. The SMILES string of the molecule is C=C(C)C(=O)OCCO.C=C(C=Cc1ccccc1)C(=O)OCCCCCC. The third-order valence-corrected chi connectivity index (χ3v) is 3.44. The van der Waals surface area contributed by atoms with E-state index in [1.54, 1.807) is 13.0 Å². The van der Waals surface area contributed by atoms with Crippen molar-refractivity contribution in [3.63, 3.8) is 0 Å². The van der Waals surface area contributed by atoms with E-state index in [-0.39, 0.29) is 19.2 Å².